The molecule has 15 heavy (non-hydrogen) atoms. The molecule has 0 aliphatic heterocycles. The van der Waals surface area contributed by atoms with Crippen LogP contribution in [0.5, 0.6) is 0 Å². The predicted molar refractivity (Wildman–Crippen MR) is 7.55 cm³/mol. The molecular formula is O11Re2Ru2. The summed E-state index contributed by atoms with van der Waals surface area (Å²) in [4.78, 5) is 0. The van der Waals surface area contributed by atoms with Crippen molar-refractivity contribution < 1.29 is 140 Å². The summed E-state index contributed by atoms with van der Waals surface area (Å²) in [5, 5.41) is 0. The third-order valence-electron chi connectivity index (χ3n) is 0. The first-order valence-corrected chi connectivity index (χ1v) is 0. The molecule has 0 bridgehead atoms. The van der Waals surface area contributed by atoms with Crippen molar-refractivity contribution in [3.05, 3.63) is 0 Å². The smallest absolute Gasteiger partial charge is 2.00 e. The Morgan fingerprint density at radius 3 is 0.200 bits per heavy atom. The number of rotatable bonds is 0. The summed E-state index contributed by atoms with van der Waals surface area (Å²) < 4.78 is 0. The molecule has 0 heterocycles. The van der Waals surface area contributed by atoms with Crippen LogP contribution in [-0.4, -0.2) is 0 Å². The Balaban J connectivity index is 0. The van der Waals surface area contributed by atoms with Gasteiger partial charge in [0.25, 0.3) is 0 Å². The van der Waals surface area contributed by atoms with E-state index in [4.69, 9.17) is 0 Å². The minimum Gasteiger partial charge on any atom is -2.00 e. The van der Waals surface area contributed by atoms with E-state index in [0.717, 1.165) is 0 Å². The quantitative estimate of drug-likeness (QED) is 0.260. The van der Waals surface area contributed by atoms with Crippen LogP contribution < -0.4 is 0 Å². The zero-order valence-electron chi connectivity index (χ0n) is 5.95. The summed E-state index contributed by atoms with van der Waals surface area (Å²) in [6.07, 6.45) is 0. The predicted octanol–water partition coefficient (Wildman–Crippen LogP) is -1.32. The third-order valence-corrected chi connectivity index (χ3v) is 0. The molecule has 0 atom stereocenters. The Morgan fingerprint density at radius 2 is 0.200 bits per heavy atom. The number of hydrogen-bond donors (Lipinski definition) is 0. The van der Waals surface area contributed by atoms with Gasteiger partial charge in [-0.2, -0.15) is 0 Å². The molecule has 0 rings (SSSR count). The van der Waals surface area contributed by atoms with Crippen LogP contribution in [0, 0.1) is 0 Å². The van der Waals surface area contributed by atoms with E-state index in [-0.39, 0.29) is 140 Å². The van der Waals surface area contributed by atoms with Crippen LogP contribution in [-0.2, 0) is 140 Å². The van der Waals surface area contributed by atoms with Gasteiger partial charge in [0, 0.05) is 0 Å². The van der Waals surface area contributed by atoms with Crippen LogP contribution in [0.15, 0.2) is 0 Å². The van der Waals surface area contributed by atoms with Gasteiger partial charge < -0.3 is 60.2 Å². The second kappa shape index (κ2) is 813. The fourth-order valence-corrected chi connectivity index (χ4v) is 0. The maximum Gasteiger partial charge on any atom is 7.00 e. The average Bonchev–Trinajstić information content (AvgIpc) is 0. The van der Waals surface area contributed by atoms with Crippen LogP contribution in [0.1, 0.15) is 0 Å². The Morgan fingerprint density at radius 1 is 0.200 bits per heavy atom. The van der Waals surface area contributed by atoms with Crippen molar-refractivity contribution in [3.8, 4) is 0 Å². The molecule has 11 nitrogen and oxygen atoms in total. The van der Waals surface area contributed by atoms with Gasteiger partial charge in [0.15, 0.2) is 0 Å². The van der Waals surface area contributed by atoms with Crippen LogP contribution in [0.3, 0.4) is 0 Å². The van der Waals surface area contributed by atoms with Crippen molar-refractivity contribution in [1.29, 1.82) is 0 Å². The molecule has 0 aromatic heterocycles. The molecule has 0 fully saturated rings. The van der Waals surface area contributed by atoms with Gasteiger partial charge in [0.1, 0.15) is 0 Å². The van der Waals surface area contributed by atoms with Crippen molar-refractivity contribution in [2.75, 3.05) is 0 Å². The maximum absolute atomic E-state index is 0. The molecule has 0 amide bonds. The molecule has 0 radical (unpaired) electrons. The molecule has 0 saturated heterocycles. The van der Waals surface area contributed by atoms with E-state index in [1.165, 1.54) is 0 Å². The first kappa shape index (κ1) is 981. The van der Waals surface area contributed by atoms with Gasteiger partial charge in [-0.1, -0.05) is 0 Å². The zero-order valence-corrected chi connectivity index (χ0v) is 14.9. The van der Waals surface area contributed by atoms with E-state index in [1.807, 2.05) is 0 Å². The Labute approximate surface area is 139 Å². The topological polar surface area (TPSA) is 314 Å². The zero-order chi connectivity index (χ0) is 0. The summed E-state index contributed by atoms with van der Waals surface area (Å²) in [5.74, 6) is 0. The van der Waals surface area contributed by atoms with Crippen molar-refractivity contribution in [2.45, 2.75) is 0 Å². The Bertz CT molecular complexity index is 16.5. The van der Waals surface area contributed by atoms with Crippen LogP contribution >= 0.6 is 0 Å². The van der Waals surface area contributed by atoms with Crippen LogP contribution in [0.2, 0.25) is 0 Å². The molecule has 0 unspecified atom stereocenters. The van der Waals surface area contributed by atoms with Gasteiger partial charge in [-0.25, -0.2) is 0 Å². The van der Waals surface area contributed by atoms with E-state index < -0.39 is 0 Å². The fourth-order valence-electron chi connectivity index (χ4n) is 0. The standard InChI is InChI=1S/11O.2Re.2Ru/q11*-2;2*+7;2*+4. The summed E-state index contributed by atoms with van der Waals surface area (Å²) in [6, 6.07) is 0. The Kier molecular flexibility index (Phi) is 53200. The van der Waals surface area contributed by atoms with Crippen molar-refractivity contribution in [2.24, 2.45) is 0 Å². The van der Waals surface area contributed by atoms with E-state index in [1.54, 1.807) is 0 Å². The number of hydrogen-bond acceptors (Lipinski definition) is 0. The first-order valence-electron chi connectivity index (χ1n) is 0. The molecule has 0 spiro atoms. The summed E-state index contributed by atoms with van der Waals surface area (Å²) in [6.45, 7) is 0. The van der Waals surface area contributed by atoms with Crippen molar-refractivity contribution >= 4 is 0 Å². The molecule has 0 aromatic rings. The largest absolute Gasteiger partial charge is 7.00 e. The molecule has 15 heteroatoms. The molecule has 0 saturated carbocycles. The van der Waals surface area contributed by atoms with E-state index >= 15 is 0 Å². The summed E-state index contributed by atoms with van der Waals surface area (Å²) >= 11 is 0. The minimum absolute atomic E-state index is 0. The fraction of sp³-hybridized carbons (Fsp3) is 0. The molecule has 0 N–H and O–H groups in total. The van der Waals surface area contributed by atoms with Crippen molar-refractivity contribution in [3.63, 3.8) is 0 Å². The van der Waals surface area contributed by atoms with Gasteiger partial charge >= 0.3 is 79.8 Å². The third kappa shape index (κ3) is 709. The molecule has 0 aromatic carbocycles. The van der Waals surface area contributed by atoms with E-state index in [9.17, 15) is 0 Å². The van der Waals surface area contributed by atoms with Gasteiger partial charge in [-0.15, -0.1) is 0 Å². The van der Waals surface area contributed by atoms with E-state index in [0.29, 0.717) is 0 Å². The van der Waals surface area contributed by atoms with Crippen molar-refractivity contribution in [1.82, 2.24) is 0 Å². The van der Waals surface area contributed by atoms with Crippen LogP contribution in [0.25, 0.3) is 0 Å². The summed E-state index contributed by atoms with van der Waals surface area (Å²) in [5.41, 5.74) is 0. The second-order valence-electron chi connectivity index (χ2n) is 0. The monoisotopic (exact) mass is 754 g/mol. The summed E-state index contributed by atoms with van der Waals surface area (Å²) in [7, 11) is 0. The molecular weight excluding hydrogens is 751 g/mol. The van der Waals surface area contributed by atoms with Gasteiger partial charge in [0.2, 0.25) is 0 Å². The van der Waals surface area contributed by atoms with Gasteiger partial charge in [0.05, 0.1) is 0 Å². The normalized spacial score (nSPS) is 0. The Hall–Kier alpha value is 2.13. The van der Waals surface area contributed by atoms with E-state index in [2.05, 4.69) is 0 Å². The average molecular weight is 751 g/mol. The van der Waals surface area contributed by atoms with Gasteiger partial charge in [-0.05, 0) is 0 Å². The van der Waals surface area contributed by atoms with Gasteiger partial charge in [-0.3, -0.25) is 0 Å². The molecule has 96 valence electrons. The second-order valence-corrected chi connectivity index (χ2v) is 0. The minimum atomic E-state index is 0. The molecule has 0 aliphatic rings. The molecule has 0 aliphatic carbocycles. The first-order chi connectivity index (χ1) is 0. The van der Waals surface area contributed by atoms with Crippen LogP contribution in [0.4, 0.5) is 0 Å². The SMILES string of the molecule is [O-2].[O-2].[O-2].[O-2].[O-2].[O-2].[O-2].[O-2].[O-2].[O-2].[O-2].[Re+7].[Re+7].[Ru+4].[Ru+4]. The maximum atomic E-state index is 0.